The molecule has 0 atom stereocenters. The SMILES string of the molecule is O.O=CC(=O)CO. The molecule has 0 aliphatic rings. The summed E-state index contributed by atoms with van der Waals surface area (Å²) < 4.78 is 0. The van der Waals surface area contributed by atoms with Crippen LogP contribution in [0.3, 0.4) is 0 Å². The first-order valence-corrected chi connectivity index (χ1v) is 1.40. The Morgan fingerprint density at radius 2 is 2.14 bits per heavy atom. The molecule has 0 saturated carbocycles. The van der Waals surface area contributed by atoms with Crippen molar-refractivity contribution < 1.29 is 20.2 Å². The van der Waals surface area contributed by atoms with Gasteiger partial charge in [0.25, 0.3) is 0 Å². The van der Waals surface area contributed by atoms with Crippen molar-refractivity contribution in [3.8, 4) is 0 Å². The highest BCUT2D eigenvalue weighted by molar-refractivity contribution is 6.25. The minimum atomic E-state index is -0.782. The van der Waals surface area contributed by atoms with E-state index in [1.54, 1.807) is 0 Å². The zero-order chi connectivity index (χ0) is 4.99. The van der Waals surface area contributed by atoms with Gasteiger partial charge in [0, 0.05) is 0 Å². The molecule has 0 unspecified atom stereocenters. The largest absolute Gasteiger partial charge is 0.412 e. The van der Waals surface area contributed by atoms with E-state index in [0.29, 0.717) is 0 Å². The fourth-order valence-electron chi connectivity index (χ4n) is 0.0373. The predicted molar refractivity (Wildman–Crippen MR) is 21.8 cm³/mol. The molecule has 0 bridgehead atoms. The van der Waals surface area contributed by atoms with Crippen molar-refractivity contribution in [2.24, 2.45) is 0 Å². The van der Waals surface area contributed by atoms with Gasteiger partial charge in [-0.1, -0.05) is 0 Å². The van der Waals surface area contributed by atoms with Crippen LogP contribution in [0.2, 0.25) is 0 Å². The first-order chi connectivity index (χ1) is 2.81. The van der Waals surface area contributed by atoms with Gasteiger partial charge in [0.15, 0.2) is 6.29 Å². The Labute approximate surface area is 40.1 Å². The zero-order valence-electron chi connectivity index (χ0n) is 3.55. The van der Waals surface area contributed by atoms with Crippen LogP contribution in [0.25, 0.3) is 0 Å². The van der Waals surface area contributed by atoms with E-state index in [-0.39, 0.29) is 11.8 Å². The van der Waals surface area contributed by atoms with E-state index < -0.39 is 12.4 Å². The van der Waals surface area contributed by atoms with Crippen molar-refractivity contribution in [3.63, 3.8) is 0 Å². The Balaban J connectivity index is 0. The Morgan fingerprint density at radius 3 is 2.14 bits per heavy atom. The molecule has 0 radical (unpaired) electrons. The molecule has 0 spiro atoms. The molecule has 0 fully saturated rings. The fourth-order valence-corrected chi connectivity index (χ4v) is 0.0373. The summed E-state index contributed by atoms with van der Waals surface area (Å²) in [6.45, 7) is -0.677. The lowest BCUT2D eigenvalue weighted by Crippen LogP contribution is -2.02. The van der Waals surface area contributed by atoms with Crippen LogP contribution in [-0.2, 0) is 9.59 Å². The van der Waals surface area contributed by atoms with E-state index in [1.807, 2.05) is 0 Å². The lowest BCUT2D eigenvalue weighted by Gasteiger charge is -1.71. The topological polar surface area (TPSA) is 85.9 Å². The van der Waals surface area contributed by atoms with Crippen LogP contribution in [0.1, 0.15) is 0 Å². The molecule has 0 rings (SSSR count). The number of rotatable bonds is 2. The Morgan fingerprint density at radius 1 is 1.71 bits per heavy atom. The van der Waals surface area contributed by atoms with Crippen molar-refractivity contribution in [1.29, 1.82) is 0 Å². The monoisotopic (exact) mass is 106 g/mol. The van der Waals surface area contributed by atoms with Gasteiger partial charge in [-0.05, 0) is 0 Å². The average molecular weight is 106 g/mol. The van der Waals surface area contributed by atoms with Gasteiger partial charge >= 0.3 is 0 Å². The van der Waals surface area contributed by atoms with Crippen molar-refractivity contribution in [2.45, 2.75) is 0 Å². The molecular formula is C3H6O4. The van der Waals surface area contributed by atoms with Crippen molar-refractivity contribution in [3.05, 3.63) is 0 Å². The van der Waals surface area contributed by atoms with Crippen LogP contribution in [0.15, 0.2) is 0 Å². The van der Waals surface area contributed by atoms with Gasteiger partial charge in [-0.15, -0.1) is 0 Å². The molecule has 3 N–H and O–H groups in total. The lowest BCUT2D eigenvalue weighted by atomic mass is 10.5. The number of Topliss-reactive ketones (excluding diaryl/α,β-unsaturated/α-hetero) is 1. The van der Waals surface area contributed by atoms with Crippen LogP contribution < -0.4 is 0 Å². The van der Waals surface area contributed by atoms with Gasteiger partial charge in [0.2, 0.25) is 5.78 Å². The van der Waals surface area contributed by atoms with Gasteiger partial charge in [0.05, 0.1) is 0 Å². The Bertz CT molecular complexity index is 67.3. The summed E-state index contributed by atoms with van der Waals surface area (Å²) in [6.07, 6.45) is 0.0833. The molecule has 0 aromatic carbocycles. The van der Waals surface area contributed by atoms with Crippen LogP contribution in [-0.4, -0.2) is 29.3 Å². The molecule has 4 nitrogen and oxygen atoms in total. The van der Waals surface area contributed by atoms with E-state index in [9.17, 15) is 9.59 Å². The minimum absolute atomic E-state index is 0. The summed E-state index contributed by atoms with van der Waals surface area (Å²) in [5, 5.41) is 7.75. The molecule has 0 aliphatic heterocycles. The molecule has 0 amide bonds. The van der Waals surface area contributed by atoms with Crippen molar-refractivity contribution in [2.75, 3.05) is 6.61 Å². The second-order valence-corrected chi connectivity index (χ2v) is 0.742. The maximum atomic E-state index is 9.56. The number of hydrogen-bond acceptors (Lipinski definition) is 3. The summed E-state index contributed by atoms with van der Waals surface area (Å²) in [4.78, 5) is 18.8. The minimum Gasteiger partial charge on any atom is -0.412 e. The third-order valence-electron chi connectivity index (χ3n) is 0.287. The first-order valence-electron chi connectivity index (χ1n) is 1.40. The third-order valence-corrected chi connectivity index (χ3v) is 0.287. The smallest absolute Gasteiger partial charge is 0.220 e. The summed E-state index contributed by atoms with van der Waals surface area (Å²) >= 11 is 0. The number of ketones is 1. The molecule has 42 valence electrons. The summed E-state index contributed by atoms with van der Waals surface area (Å²) in [5.41, 5.74) is 0. The van der Waals surface area contributed by atoms with Gasteiger partial charge in [-0.2, -0.15) is 0 Å². The van der Waals surface area contributed by atoms with Crippen molar-refractivity contribution >= 4 is 12.1 Å². The summed E-state index contributed by atoms with van der Waals surface area (Å²) in [6, 6.07) is 0. The van der Waals surface area contributed by atoms with Crippen LogP contribution in [0, 0.1) is 0 Å². The van der Waals surface area contributed by atoms with E-state index in [4.69, 9.17) is 5.11 Å². The van der Waals surface area contributed by atoms with Gasteiger partial charge in [-0.3, -0.25) is 9.59 Å². The van der Waals surface area contributed by atoms with Gasteiger partial charge in [0.1, 0.15) is 6.61 Å². The van der Waals surface area contributed by atoms with E-state index in [0.717, 1.165) is 0 Å². The predicted octanol–water partition coefficient (Wildman–Crippen LogP) is -2.08. The molecule has 0 saturated heterocycles. The summed E-state index contributed by atoms with van der Waals surface area (Å²) in [5.74, 6) is -0.782. The van der Waals surface area contributed by atoms with Crippen LogP contribution >= 0.6 is 0 Å². The van der Waals surface area contributed by atoms with Gasteiger partial charge < -0.3 is 10.6 Å². The maximum absolute atomic E-state index is 9.56. The molecular weight excluding hydrogens is 100 g/mol. The second kappa shape index (κ2) is 5.26. The normalized spacial score (nSPS) is 6.43. The standard InChI is InChI=1S/C3H4O3.H2O/c4-1-3(6)2-5;/h1,5H,2H2;1H2. The molecule has 0 aromatic heterocycles. The zero-order valence-corrected chi connectivity index (χ0v) is 3.55. The lowest BCUT2D eigenvalue weighted by molar-refractivity contribution is -0.131. The first kappa shape index (κ1) is 9.54. The number of carbonyl (C=O) groups excluding carboxylic acids is 2. The van der Waals surface area contributed by atoms with Crippen LogP contribution in [0.5, 0.6) is 0 Å². The highest BCUT2D eigenvalue weighted by Gasteiger charge is 1.88. The number of aldehydes is 1. The molecule has 4 heteroatoms. The second-order valence-electron chi connectivity index (χ2n) is 0.742. The number of hydrogen-bond donors (Lipinski definition) is 1. The highest BCUT2D eigenvalue weighted by atomic mass is 16.3. The van der Waals surface area contributed by atoms with Crippen molar-refractivity contribution in [1.82, 2.24) is 0 Å². The molecule has 7 heavy (non-hydrogen) atoms. The van der Waals surface area contributed by atoms with Crippen LogP contribution in [0.4, 0.5) is 0 Å². The van der Waals surface area contributed by atoms with Gasteiger partial charge in [-0.25, -0.2) is 0 Å². The molecule has 0 aromatic rings. The average Bonchev–Trinajstić information content (AvgIpc) is 1.65. The number of aliphatic hydroxyl groups is 1. The third kappa shape index (κ3) is 5.26. The van der Waals surface area contributed by atoms with E-state index in [2.05, 4.69) is 0 Å². The molecule has 0 heterocycles. The van der Waals surface area contributed by atoms with E-state index >= 15 is 0 Å². The summed E-state index contributed by atoms with van der Waals surface area (Å²) in [7, 11) is 0. The maximum Gasteiger partial charge on any atom is 0.220 e. The Kier molecular flexibility index (Phi) is 7.17. The Hall–Kier alpha value is -0.740. The quantitative estimate of drug-likeness (QED) is 0.324. The fraction of sp³-hybridized carbons (Fsp3) is 0.333. The molecule has 0 aliphatic carbocycles. The number of carbonyl (C=O) groups is 2. The van der Waals surface area contributed by atoms with E-state index in [1.165, 1.54) is 0 Å². The number of aliphatic hydroxyl groups excluding tert-OH is 1. The highest BCUT2D eigenvalue weighted by Crippen LogP contribution is 1.53.